The maximum atomic E-state index is 8.73. The van der Waals surface area contributed by atoms with Crippen molar-refractivity contribution in [2.24, 2.45) is 0 Å². The fourth-order valence-electron chi connectivity index (χ4n) is 1.75. The Bertz CT molecular complexity index is 363. The first-order valence-corrected chi connectivity index (χ1v) is 6.15. The summed E-state index contributed by atoms with van der Waals surface area (Å²) in [7, 11) is 0. The van der Waals surface area contributed by atoms with Gasteiger partial charge in [-0.1, -0.05) is 12.1 Å². The number of aliphatic hydroxyl groups is 2. The molecule has 0 unspecified atom stereocenters. The number of aliphatic hydroxyl groups excluding tert-OH is 2. The maximum absolute atomic E-state index is 8.73. The fraction of sp³-hybridized carbons (Fsp3) is 0.571. The lowest BCUT2D eigenvalue weighted by Gasteiger charge is -2.15. The molecule has 0 aromatic heterocycles. The number of ether oxygens (including phenoxy) is 2. The molecule has 4 nitrogen and oxygen atoms in total. The summed E-state index contributed by atoms with van der Waals surface area (Å²) in [6.07, 6.45) is 0. The van der Waals surface area contributed by atoms with E-state index in [0.717, 1.165) is 11.1 Å². The summed E-state index contributed by atoms with van der Waals surface area (Å²) in [5.41, 5.74) is 4.59. The first-order chi connectivity index (χ1) is 8.70. The normalized spacial score (nSPS) is 10.9. The van der Waals surface area contributed by atoms with E-state index in [-0.39, 0.29) is 13.2 Å². The van der Waals surface area contributed by atoms with Gasteiger partial charge in [0.05, 0.1) is 39.6 Å². The third-order valence-corrected chi connectivity index (χ3v) is 2.94. The summed E-state index contributed by atoms with van der Waals surface area (Å²) in [4.78, 5) is 0. The lowest BCUT2D eigenvalue weighted by Crippen LogP contribution is -2.07. The van der Waals surface area contributed by atoms with Crippen LogP contribution in [0.3, 0.4) is 0 Å². The van der Waals surface area contributed by atoms with Crippen molar-refractivity contribution in [3.8, 4) is 0 Å². The quantitative estimate of drug-likeness (QED) is 0.687. The van der Waals surface area contributed by atoms with Gasteiger partial charge in [0.25, 0.3) is 0 Å². The van der Waals surface area contributed by atoms with Crippen molar-refractivity contribution in [1.29, 1.82) is 0 Å². The smallest absolute Gasteiger partial charge is 0.0724 e. The zero-order valence-corrected chi connectivity index (χ0v) is 11.1. The Balaban J connectivity index is 2.76. The van der Waals surface area contributed by atoms with Gasteiger partial charge in [0.15, 0.2) is 0 Å². The van der Waals surface area contributed by atoms with Gasteiger partial charge in [0, 0.05) is 0 Å². The van der Waals surface area contributed by atoms with E-state index in [0.29, 0.717) is 26.4 Å². The van der Waals surface area contributed by atoms with Crippen LogP contribution in [-0.2, 0) is 22.7 Å². The molecule has 18 heavy (non-hydrogen) atoms. The van der Waals surface area contributed by atoms with Gasteiger partial charge in [-0.25, -0.2) is 0 Å². The molecule has 4 heteroatoms. The van der Waals surface area contributed by atoms with Crippen LogP contribution in [0.4, 0.5) is 0 Å². The molecule has 2 N–H and O–H groups in total. The van der Waals surface area contributed by atoms with E-state index in [1.807, 2.05) is 6.07 Å². The lowest BCUT2D eigenvalue weighted by atomic mass is 9.98. The molecule has 0 atom stereocenters. The molecule has 0 radical (unpaired) electrons. The van der Waals surface area contributed by atoms with Gasteiger partial charge in [0.1, 0.15) is 0 Å². The topological polar surface area (TPSA) is 58.9 Å². The molecule has 0 bridgehead atoms. The number of benzene rings is 1. The Kier molecular flexibility index (Phi) is 6.90. The summed E-state index contributed by atoms with van der Waals surface area (Å²) >= 11 is 0. The predicted molar refractivity (Wildman–Crippen MR) is 69.4 cm³/mol. The molecule has 0 amide bonds. The fourth-order valence-corrected chi connectivity index (χ4v) is 1.75. The first kappa shape index (κ1) is 15.1. The number of hydrogen-bond acceptors (Lipinski definition) is 4. The van der Waals surface area contributed by atoms with Crippen LogP contribution in [-0.4, -0.2) is 36.6 Å². The molecule has 1 aromatic rings. The molecule has 0 saturated carbocycles. The van der Waals surface area contributed by atoms with Gasteiger partial charge in [-0.15, -0.1) is 0 Å². The molecule has 0 heterocycles. The molecule has 0 aliphatic heterocycles. The maximum Gasteiger partial charge on any atom is 0.0724 e. The van der Waals surface area contributed by atoms with Crippen molar-refractivity contribution < 1.29 is 19.7 Å². The summed E-state index contributed by atoms with van der Waals surface area (Å²) in [6, 6.07) is 4.08. The van der Waals surface area contributed by atoms with Gasteiger partial charge in [-0.05, 0) is 36.1 Å². The van der Waals surface area contributed by atoms with Crippen molar-refractivity contribution in [2.75, 3.05) is 26.4 Å². The van der Waals surface area contributed by atoms with Crippen LogP contribution in [0.25, 0.3) is 0 Å². The third kappa shape index (κ3) is 4.38. The van der Waals surface area contributed by atoms with Gasteiger partial charge in [-0.2, -0.15) is 0 Å². The van der Waals surface area contributed by atoms with E-state index in [1.54, 1.807) is 0 Å². The van der Waals surface area contributed by atoms with Crippen molar-refractivity contribution in [2.45, 2.75) is 27.1 Å². The Labute approximate surface area is 108 Å². The van der Waals surface area contributed by atoms with Gasteiger partial charge < -0.3 is 19.7 Å². The second-order valence-corrected chi connectivity index (χ2v) is 4.20. The van der Waals surface area contributed by atoms with Crippen LogP contribution in [0.15, 0.2) is 12.1 Å². The van der Waals surface area contributed by atoms with E-state index < -0.39 is 0 Å². The minimum absolute atomic E-state index is 0.0290. The Hall–Kier alpha value is -0.940. The number of hydrogen-bond donors (Lipinski definition) is 2. The van der Waals surface area contributed by atoms with E-state index in [2.05, 4.69) is 19.9 Å². The van der Waals surface area contributed by atoms with E-state index >= 15 is 0 Å². The molecule has 102 valence electrons. The van der Waals surface area contributed by atoms with Crippen LogP contribution in [0.2, 0.25) is 0 Å². The summed E-state index contributed by atoms with van der Waals surface area (Å²) in [5.74, 6) is 0. The van der Waals surface area contributed by atoms with Crippen molar-refractivity contribution in [3.63, 3.8) is 0 Å². The molecule has 0 spiro atoms. The van der Waals surface area contributed by atoms with E-state index in [1.165, 1.54) is 11.1 Å². The number of rotatable bonds is 8. The van der Waals surface area contributed by atoms with Crippen molar-refractivity contribution in [3.05, 3.63) is 34.4 Å². The van der Waals surface area contributed by atoms with Crippen LogP contribution >= 0.6 is 0 Å². The van der Waals surface area contributed by atoms with Crippen LogP contribution in [0, 0.1) is 13.8 Å². The second-order valence-electron chi connectivity index (χ2n) is 4.20. The van der Waals surface area contributed by atoms with Gasteiger partial charge in [0.2, 0.25) is 0 Å². The van der Waals surface area contributed by atoms with Crippen LogP contribution in [0.1, 0.15) is 22.3 Å². The number of aryl methyl sites for hydroxylation is 1. The zero-order chi connectivity index (χ0) is 13.4. The Morgan fingerprint density at radius 2 is 1.56 bits per heavy atom. The molecular weight excluding hydrogens is 232 g/mol. The van der Waals surface area contributed by atoms with Crippen molar-refractivity contribution >= 4 is 0 Å². The summed E-state index contributed by atoms with van der Waals surface area (Å²) in [5, 5.41) is 17.4. The zero-order valence-electron chi connectivity index (χ0n) is 11.1. The van der Waals surface area contributed by atoms with Crippen LogP contribution < -0.4 is 0 Å². The largest absolute Gasteiger partial charge is 0.394 e. The minimum Gasteiger partial charge on any atom is -0.394 e. The minimum atomic E-state index is 0.0290. The SMILES string of the molecule is Cc1ccc(COCCO)c(COCCO)c1C. The van der Waals surface area contributed by atoms with E-state index in [4.69, 9.17) is 19.7 Å². The van der Waals surface area contributed by atoms with E-state index in [9.17, 15) is 0 Å². The summed E-state index contributed by atoms with van der Waals surface area (Å²) < 4.78 is 10.8. The van der Waals surface area contributed by atoms with Gasteiger partial charge in [-0.3, -0.25) is 0 Å². The molecule has 0 saturated heterocycles. The van der Waals surface area contributed by atoms with Crippen LogP contribution in [0.5, 0.6) is 0 Å². The Morgan fingerprint density at radius 1 is 0.944 bits per heavy atom. The van der Waals surface area contributed by atoms with Crippen molar-refractivity contribution in [1.82, 2.24) is 0 Å². The third-order valence-electron chi connectivity index (χ3n) is 2.94. The van der Waals surface area contributed by atoms with Gasteiger partial charge >= 0.3 is 0 Å². The molecule has 0 fully saturated rings. The molecular formula is C14H22O4. The summed E-state index contributed by atoms with van der Waals surface area (Å²) in [6.45, 7) is 5.80. The second kappa shape index (κ2) is 8.21. The standard InChI is InChI=1S/C14H22O4/c1-11-3-4-13(9-17-7-5-15)14(12(11)2)10-18-8-6-16/h3-4,15-16H,5-10H2,1-2H3. The Morgan fingerprint density at radius 3 is 2.17 bits per heavy atom. The highest BCUT2D eigenvalue weighted by atomic mass is 16.5. The molecule has 1 rings (SSSR count). The highest BCUT2D eigenvalue weighted by Crippen LogP contribution is 2.20. The molecule has 1 aromatic carbocycles. The first-order valence-electron chi connectivity index (χ1n) is 6.15. The predicted octanol–water partition coefficient (Wildman–Crippen LogP) is 1.32. The lowest BCUT2D eigenvalue weighted by molar-refractivity contribution is 0.0710. The molecule has 0 aliphatic rings. The average molecular weight is 254 g/mol. The monoisotopic (exact) mass is 254 g/mol. The average Bonchev–Trinajstić information content (AvgIpc) is 2.37. The highest BCUT2D eigenvalue weighted by Gasteiger charge is 2.08. The molecule has 0 aliphatic carbocycles. The highest BCUT2D eigenvalue weighted by molar-refractivity contribution is 5.39.